The summed E-state index contributed by atoms with van der Waals surface area (Å²) in [7, 11) is 1.93. The number of likely N-dealkylation sites (N-methyl/N-ethyl adjacent to an activating group) is 1. The van der Waals surface area contributed by atoms with E-state index in [4.69, 9.17) is 9.52 Å². The molecule has 0 saturated heterocycles. The quantitative estimate of drug-likeness (QED) is 0.792. The number of hydrogen-bond acceptors (Lipinski definition) is 4. The van der Waals surface area contributed by atoms with Crippen molar-refractivity contribution in [2.24, 2.45) is 0 Å². The van der Waals surface area contributed by atoms with E-state index in [1.165, 1.54) is 0 Å². The highest BCUT2D eigenvalue weighted by Gasteiger charge is 2.04. The van der Waals surface area contributed by atoms with E-state index in [1.807, 2.05) is 24.1 Å². The van der Waals surface area contributed by atoms with Crippen LogP contribution < -0.4 is 5.76 Å². The van der Waals surface area contributed by atoms with Crippen molar-refractivity contribution >= 4 is 11.1 Å². The summed E-state index contributed by atoms with van der Waals surface area (Å²) in [6.07, 6.45) is 0. The van der Waals surface area contributed by atoms with Gasteiger partial charge < -0.3 is 9.52 Å². The van der Waals surface area contributed by atoms with Gasteiger partial charge >= 0.3 is 5.76 Å². The van der Waals surface area contributed by atoms with E-state index in [0.717, 1.165) is 12.1 Å². The molecule has 2 rings (SSSR count). The minimum Gasteiger partial charge on any atom is -0.408 e. The van der Waals surface area contributed by atoms with Crippen LogP contribution >= 0.6 is 0 Å². The van der Waals surface area contributed by atoms with Crippen LogP contribution in [0.5, 0.6) is 0 Å². The fourth-order valence-electron chi connectivity index (χ4n) is 1.66. The monoisotopic (exact) mass is 222 g/mol. The maximum Gasteiger partial charge on any atom is 0.417 e. The van der Waals surface area contributed by atoms with Crippen LogP contribution in [-0.2, 0) is 6.54 Å². The number of nitrogens with one attached hydrogen (secondary N) is 1. The molecule has 0 aliphatic heterocycles. The predicted molar refractivity (Wildman–Crippen MR) is 60.3 cm³/mol. The van der Waals surface area contributed by atoms with Gasteiger partial charge in [0.1, 0.15) is 0 Å². The third kappa shape index (κ3) is 2.32. The molecule has 1 aromatic carbocycles. The number of benzene rings is 1. The van der Waals surface area contributed by atoms with E-state index in [1.54, 1.807) is 6.07 Å². The fourth-order valence-corrected chi connectivity index (χ4v) is 1.66. The molecule has 0 saturated carbocycles. The van der Waals surface area contributed by atoms with Crippen molar-refractivity contribution in [2.45, 2.75) is 6.54 Å². The summed E-state index contributed by atoms with van der Waals surface area (Å²) in [6, 6.07) is 5.57. The molecule has 0 aliphatic carbocycles. The molecule has 0 aliphatic rings. The number of nitrogens with zero attached hydrogens (tertiary/aromatic N) is 1. The normalized spacial score (nSPS) is 11.4. The van der Waals surface area contributed by atoms with E-state index < -0.39 is 5.76 Å². The second kappa shape index (κ2) is 4.51. The summed E-state index contributed by atoms with van der Waals surface area (Å²) in [5.41, 5.74) is 2.35. The summed E-state index contributed by atoms with van der Waals surface area (Å²) in [5, 5.41) is 8.79. The number of aromatic amines is 1. The fraction of sp³-hybridized carbons (Fsp3) is 0.364. The molecular formula is C11H14N2O3. The Hall–Kier alpha value is -1.59. The first-order valence-corrected chi connectivity index (χ1v) is 5.10. The smallest absolute Gasteiger partial charge is 0.408 e. The molecule has 0 fully saturated rings. The molecule has 86 valence electrons. The first-order valence-electron chi connectivity index (χ1n) is 5.10. The highest BCUT2D eigenvalue weighted by molar-refractivity contribution is 5.72. The molecule has 5 nitrogen and oxygen atoms in total. The zero-order valence-corrected chi connectivity index (χ0v) is 9.06. The molecule has 5 heteroatoms. The van der Waals surface area contributed by atoms with Gasteiger partial charge in [0.05, 0.1) is 12.1 Å². The van der Waals surface area contributed by atoms with Gasteiger partial charge in [-0.2, -0.15) is 0 Å². The minimum absolute atomic E-state index is 0.140. The SMILES string of the molecule is CN(CCO)Cc1ccc2oc(=O)[nH]c2c1. The predicted octanol–water partition coefficient (Wildman–Crippen LogP) is 0.545. The number of aliphatic hydroxyl groups is 1. The number of oxazole rings is 1. The third-order valence-electron chi connectivity index (χ3n) is 2.42. The van der Waals surface area contributed by atoms with Gasteiger partial charge in [0.25, 0.3) is 0 Å². The molecule has 2 aromatic rings. The average molecular weight is 222 g/mol. The van der Waals surface area contributed by atoms with Crippen LogP contribution in [0, 0.1) is 0 Å². The topological polar surface area (TPSA) is 69.5 Å². The van der Waals surface area contributed by atoms with Gasteiger partial charge in [0.15, 0.2) is 5.58 Å². The van der Waals surface area contributed by atoms with E-state index in [0.29, 0.717) is 17.6 Å². The van der Waals surface area contributed by atoms with Crippen molar-refractivity contribution < 1.29 is 9.52 Å². The highest BCUT2D eigenvalue weighted by atomic mass is 16.4. The first kappa shape index (κ1) is 10.9. The molecule has 2 N–H and O–H groups in total. The average Bonchev–Trinajstić information content (AvgIpc) is 2.57. The minimum atomic E-state index is -0.434. The van der Waals surface area contributed by atoms with Crippen molar-refractivity contribution in [3.63, 3.8) is 0 Å². The van der Waals surface area contributed by atoms with E-state index in [9.17, 15) is 4.79 Å². The van der Waals surface area contributed by atoms with Gasteiger partial charge in [-0.25, -0.2) is 4.79 Å². The van der Waals surface area contributed by atoms with Gasteiger partial charge in [-0.05, 0) is 24.7 Å². The number of H-pyrrole nitrogens is 1. The summed E-state index contributed by atoms with van der Waals surface area (Å²) in [6.45, 7) is 1.49. The third-order valence-corrected chi connectivity index (χ3v) is 2.42. The molecule has 0 spiro atoms. The van der Waals surface area contributed by atoms with Crippen molar-refractivity contribution in [3.05, 3.63) is 34.3 Å². The van der Waals surface area contributed by atoms with Gasteiger partial charge in [-0.3, -0.25) is 9.88 Å². The first-order chi connectivity index (χ1) is 7.69. The van der Waals surface area contributed by atoms with Crippen LogP contribution in [0.4, 0.5) is 0 Å². The number of rotatable bonds is 4. The lowest BCUT2D eigenvalue weighted by Gasteiger charge is -2.14. The maximum atomic E-state index is 11.0. The molecule has 0 atom stereocenters. The van der Waals surface area contributed by atoms with E-state index in [2.05, 4.69) is 4.98 Å². The summed E-state index contributed by atoms with van der Waals surface area (Å²) in [4.78, 5) is 15.6. The zero-order valence-electron chi connectivity index (χ0n) is 9.06. The molecule has 1 aromatic heterocycles. The Morgan fingerprint density at radius 2 is 2.31 bits per heavy atom. The molecule has 0 radical (unpaired) electrons. The summed E-state index contributed by atoms with van der Waals surface area (Å²) < 4.78 is 4.91. The number of aromatic nitrogens is 1. The van der Waals surface area contributed by atoms with Crippen molar-refractivity contribution in [2.75, 3.05) is 20.2 Å². The molecule has 16 heavy (non-hydrogen) atoms. The Bertz CT molecular complexity index is 529. The summed E-state index contributed by atoms with van der Waals surface area (Å²) >= 11 is 0. The molecule has 1 heterocycles. The number of fused-ring (bicyclic) bond motifs is 1. The zero-order chi connectivity index (χ0) is 11.5. The van der Waals surface area contributed by atoms with Crippen LogP contribution in [0.15, 0.2) is 27.4 Å². The second-order valence-corrected chi connectivity index (χ2v) is 3.81. The van der Waals surface area contributed by atoms with Gasteiger partial charge in [0, 0.05) is 13.1 Å². The Morgan fingerprint density at radius 3 is 3.06 bits per heavy atom. The maximum absolute atomic E-state index is 11.0. The molecule has 0 amide bonds. The van der Waals surface area contributed by atoms with Crippen molar-refractivity contribution in [3.8, 4) is 0 Å². The standard InChI is InChI=1S/C11H14N2O3/c1-13(4-5-14)7-8-2-3-10-9(6-8)12-11(15)16-10/h2-3,6,14H,4-5,7H2,1H3,(H,12,15). The lowest BCUT2D eigenvalue weighted by molar-refractivity contribution is 0.217. The Morgan fingerprint density at radius 1 is 1.50 bits per heavy atom. The Balaban J connectivity index is 2.22. The molecule has 0 bridgehead atoms. The van der Waals surface area contributed by atoms with E-state index >= 15 is 0 Å². The van der Waals surface area contributed by atoms with E-state index in [-0.39, 0.29) is 6.61 Å². The van der Waals surface area contributed by atoms with Crippen LogP contribution in [0.1, 0.15) is 5.56 Å². The molecular weight excluding hydrogens is 208 g/mol. The molecule has 0 unspecified atom stereocenters. The van der Waals surface area contributed by atoms with Gasteiger partial charge in [-0.1, -0.05) is 6.07 Å². The van der Waals surface area contributed by atoms with Crippen LogP contribution in [0.3, 0.4) is 0 Å². The van der Waals surface area contributed by atoms with Crippen LogP contribution in [0.25, 0.3) is 11.1 Å². The highest BCUT2D eigenvalue weighted by Crippen LogP contribution is 2.13. The summed E-state index contributed by atoms with van der Waals surface area (Å²) in [5.74, 6) is -0.434. The van der Waals surface area contributed by atoms with Crippen LogP contribution in [-0.4, -0.2) is 35.2 Å². The second-order valence-electron chi connectivity index (χ2n) is 3.81. The van der Waals surface area contributed by atoms with Crippen LogP contribution in [0.2, 0.25) is 0 Å². The van der Waals surface area contributed by atoms with Gasteiger partial charge in [-0.15, -0.1) is 0 Å². The lowest BCUT2D eigenvalue weighted by atomic mass is 10.2. The van der Waals surface area contributed by atoms with Crippen molar-refractivity contribution in [1.82, 2.24) is 9.88 Å². The van der Waals surface area contributed by atoms with Crippen molar-refractivity contribution in [1.29, 1.82) is 0 Å². The Kier molecular flexibility index (Phi) is 3.07. The number of aliphatic hydroxyl groups excluding tert-OH is 1. The van der Waals surface area contributed by atoms with Gasteiger partial charge in [0.2, 0.25) is 0 Å². The number of hydrogen-bond donors (Lipinski definition) is 2. The lowest BCUT2D eigenvalue weighted by Crippen LogP contribution is -2.21. The largest absolute Gasteiger partial charge is 0.417 e. The Labute approximate surface area is 92.3 Å².